The molecule has 3 heterocycles. The standard InChI is InChI=1S/C9H9ClN2O4S2.C8H10N2O3S2.C5H4N2O2S/c1-6(5-16-9(10)13)17-18-8-3-2-7(4-11-8)12(14)15;1-6(5-11)14-15-8-3-2-7(4-9-8)10(12)13;8-7(9)4-1-2-5(10)6-3-4/h2-4,6H,5H2,1H3;2-4,6,11H,5H2,1H3;1-3H,(H,6,10)/t2*6-;/m11./s1. The lowest BCUT2D eigenvalue weighted by molar-refractivity contribution is -0.385. The van der Waals surface area contributed by atoms with E-state index in [9.17, 15) is 35.1 Å². The predicted molar refractivity (Wildman–Crippen MR) is 170 cm³/mol. The number of rotatable bonds is 12. The number of nitro groups is 3. The van der Waals surface area contributed by atoms with Crippen LogP contribution in [-0.4, -0.2) is 64.0 Å². The number of aromatic amines is 1. The van der Waals surface area contributed by atoms with Crippen LogP contribution in [0.2, 0.25) is 0 Å². The van der Waals surface area contributed by atoms with Gasteiger partial charge in [-0.2, -0.15) is 0 Å². The minimum Gasteiger partial charge on any atom is -0.452 e. The Hall–Kier alpha value is -3.01. The number of carbonyl (C=O) groups excluding carboxylic acids is 1. The van der Waals surface area contributed by atoms with E-state index >= 15 is 0 Å². The Morgan fingerprint density at radius 3 is 1.72 bits per heavy atom. The van der Waals surface area contributed by atoms with E-state index in [1.807, 2.05) is 13.8 Å². The maximum absolute atomic E-state index is 10.4. The Balaban J connectivity index is 0.000000335. The zero-order chi connectivity index (χ0) is 32.4. The van der Waals surface area contributed by atoms with Crippen molar-refractivity contribution >= 4 is 89.5 Å². The molecule has 0 saturated carbocycles. The summed E-state index contributed by atoms with van der Waals surface area (Å²) in [6, 6.07) is 8.81. The molecule has 0 aromatic carbocycles. The third-order valence-corrected chi connectivity index (χ3v) is 10.0. The van der Waals surface area contributed by atoms with Crippen LogP contribution in [-0.2, 0) is 4.74 Å². The first-order valence-corrected chi connectivity index (χ1v) is 16.7. The molecule has 15 nitrogen and oxygen atoms in total. The second kappa shape index (κ2) is 20.8. The molecule has 0 spiro atoms. The van der Waals surface area contributed by atoms with Crippen LogP contribution < -0.4 is 0 Å². The SMILES string of the molecule is C[C@H](CO)SSc1ccc([N+](=O)[O-])cn1.C[C@H](COC(=O)Cl)SSc1ccc([N+](=O)[O-])cn1.O=[N+]([O-])c1ccc(=S)[nH]c1. The fraction of sp³-hybridized carbons (Fsp3) is 0.273. The van der Waals surface area contributed by atoms with Gasteiger partial charge in [0.1, 0.15) is 33.7 Å². The van der Waals surface area contributed by atoms with Crippen LogP contribution in [0, 0.1) is 35.0 Å². The molecule has 3 rings (SSSR count). The first-order valence-electron chi connectivity index (χ1n) is 11.5. The first kappa shape index (κ1) is 38.0. The minimum atomic E-state index is -0.832. The first-order chi connectivity index (χ1) is 20.3. The molecule has 0 saturated heterocycles. The van der Waals surface area contributed by atoms with Crippen molar-refractivity contribution in [3.8, 4) is 0 Å². The quantitative estimate of drug-likeness (QED) is 0.0621. The molecule has 3 aromatic rings. The number of aliphatic hydroxyl groups excluding tert-OH is 1. The van der Waals surface area contributed by atoms with Gasteiger partial charge in [-0.25, -0.2) is 14.8 Å². The van der Waals surface area contributed by atoms with Gasteiger partial charge in [-0.3, -0.25) is 30.3 Å². The Labute approximate surface area is 270 Å². The van der Waals surface area contributed by atoms with E-state index < -0.39 is 20.2 Å². The van der Waals surface area contributed by atoms with Gasteiger partial charge in [-0.1, -0.05) is 40.7 Å². The largest absolute Gasteiger partial charge is 0.452 e. The van der Waals surface area contributed by atoms with Crippen molar-refractivity contribution in [2.75, 3.05) is 13.2 Å². The minimum absolute atomic E-state index is 0.0143. The molecule has 232 valence electrons. The van der Waals surface area contributed by atoms with Gasteiger partial charge in [0.15, 0.2) is 0 Å². The number of aliphatic hydroxyl groups is 1. The van der Waals surface area contributed by atoms with E-state index in [1.165, 1.54) is 86.0 Å². The van der Waals surface area contributed by atoms with E-state index in [2.05, 4.69) is 31.9 Å². The highest BCUT2D eigenvalue weighted by atomic mass is 35.5. The number of H-pyrrole nitrogens is 1. The van der Waals surface area contributed by atoms with Gasteiger partial charge >= 0.3 is 5.43 Å². The normalized spacial score (nSPS) is 11.4. The van der Waals surface area contributed by atoms with Crippen molar-refractivity contribution in [3.63, 3.8) is 0 Å². The van der Waals surface area contributed by atoms with Gasteiger partial charge in [0.2, 0.25) is 0 Å². The lowest BCUT2D eigenvalue weighted by atomic mass is 10.4. The molecule has 2 atom stereocenters. The van der Waals surface area contributed by atoms with Gasteiger partial charge < -0.3 is 14.8 Å². The van der Waals surface area contributed by atoms with Crippen molar-refractivity contribution in [2.24, 2.45) is 0 Å². The molecule has 0 radical (unpaired) electrons. The van der Waals surface area contributed by atoms with E-state index in [4.69, 9.17) is 16.7 Å². The number of carbonyl (C=O) groups is 1. The van der Waals surface area contributed by atoms with Crippen molar-refractivity contribution in [1.82, 2.24) is 15.0 Å². The number of halogens is 1. The number of hydrogen-bond acceptors (Lipinski definition) is 16. The highest BCUT2D eigenvalue weighted by Gasteiger charge is 2.10. The smallest absolute Gasteiger partial charge is 0.403 e. The monoisotopic (exact) mass is 710 g/mol. The third kappa shape index (κ3) is 17.0. The Morgan fingerprint density at radius 2 is 1.37 bits per heavy atom. The molecule has 0 amide bonds. The molecule has 0 aliphatic heterocycles. The predicted octanol–water partition coefficient (Wildman–Crippen LogP) is 7.26. The number of nitrogens with zero attached hydrogens (tertiary/aromatic N) is 5. The van der Waals surface area contributed by atoms with E-state index in [-0.39, 0.29) is 40.8 Å². The molecule has 3 aromatic heterocycles. The second-order valence-electron chi connectivity index (χ2n) is 7.60. The van der Waals surface area contributed by atoms with Crippen LogP contribution in [0.15, 0.2) is 65.0 Å². The zero-order valence-electron chi connectivity index (χ0n) is 22.1. The summed E-state index contributed by atoms with van der Waals surface area (Å²) >= 11 is 9.71. The van der Waals surface area contributed by atoms with Crippen LogP contribution in [0.4, 0.5) is 21.9 Å². The highest BCUT2D eigenvalue weighted by molar-refractivity contribution is 8.77. The lowest BCUT2D eigenvalue weighted by Crippen LogP contribution is -2.07. The third-order valence-electron chi connectivity index (χ3n) is 4.13. The van der Waals surface area contributed by atoms with Crippen molar-refractivity contribution < 1.29 is 29.4 Å². The van der Waals surface area contributed by atoms with Crippen LogP contribution in [0.5, 0.6) is 0 Å². The van der Waals surface area contributed by atoms with Crippen molar-refractivity contribution in [2.45, 2.75) is 34.4 Å². The van der Waals surface area contributed by atoms with E-state index in [0.29, 0.717) is 14.7 Å². The summed E-state index contributed by atoms with van der Waals surface area (Å²) < 4.78 is 5.12. The summed E-state index contributed by atoms with van der Waals surface area (Å²) in [4.78, 5) is 50.2. The van der Waals surface area contributed by atoms with Crippen LogP contribution in [0.25, 0.3) is 0 Å². The average molecular weight is 711 g/mol. The number of pyridine rings is 3. The maximum atomic E-state index is 10.4. The summed E-state index contributed by atoms with van der Waals surface area (Å²) in [7, 11) is 5.66. The van der Waals surface area contributed by atoms with Crippen LogP contribution in [0.1, 0.15) is 13.8 Å². The van der Waals surface area contributed by atoms with Crippen molar-refractivity contribution in [1.29, 1.82) is 0 Å². The molecular formula is C22H23ClN6O9S5. The van der Waals surface area contributed by atoms with Crippen LogP contribution >= 0.6 is 67.0 Å². The zero-order valence-corrected chi connectivity index (χ0v) is 27.0. The summed E-state index contributed by atoms with van der Waals surface area (Å²) in [6.45, 7) is 4.06. The molecule has 0 unspecified atom stereocenters. The fourth-order valence-electron chi connectivity index (χ4n) is 2.08. The van der Waals surface area contributed by atoms with Crippen LogP contribution in [0.3, 0.4) is 0 Å². The molecule has 0 fully saturated rings. The Bertz CT molecular complexity index is 1380. The molecule has 21 heteroatoms. The summed E-state index contributed by atoms with van der Waals surface area (Å²) in [6.07, 6.45) is 3.70. The number of ether oxygens (including phenoxy) is 1. The summed E-state index contributed by atoms with van der Waals surface area (Å²) in [5.41, 5.74) is -0.873. The molecule has 0 aliphatic rings. The summed E-state index contributed by atoms with van der Waals surface area (Å²) in [5, 5.41) is 41.1. The maximum Gasteiger partial charge on any atom is 0.403 e. The van der Waals surface area contributed by atoms with Gasteiger partial charge in [0, 0.05) is 40.3 Å². The van der Waals surface area contributed by atoms with E-state index in [0.717, 1.165) is 0 Å². The number of aromatic nitrogens is 3. The Kier molecular flexibility index (Phi) is 18.4. The average Bonchev–Trinajstić information content (AvgIpc) is 2.99. The number of hydrogen-bond donors (Lipinski definition) is 2. The highest BCUT2D eigenvalue weighted by Crippen LogP contribution is 2.34. The Morgan fingerprint density at radius 1 is 0.907 bits per heavy atom. The van der Waals surface area contributed by atoms with E-state index in [1.54, 1.807) is 12.1 Å². The van der Waals surface area contributed by atoms with Crippen molar-refractivity contribution in [3.05, 3.63) is 90.0 Å². The molecule has 0 aliphatic carbocycles. The lowest BCUT2D eigenvalue weighted by Gasteiger charge is -2.08. The topological polar surface area (TPSA) is 218 Å². The summed E-state index contributed by atoms with van der Waals surface area (Å²) in [5.74, 6) is 0. The van der Waals surface area contributed by atoms with Gasteiger partial charge in [0.25, 0.3) is 17.1 Å². The number of nitrogens with one attached hydrogen (secondary N) is 1. The molecule has 43 heavy (non-hydrogen) atoms. The van der Waals surface area contributed by atoms with Gasteiger partial charge in [-0.15, -0.1) is 0 Å². The second-order valence-corrected chi connectivity index (χ2v) is 13.7. The molecule has 2 N–H and O–H groups in total. The molecule has 0 bridgehead atoms. The van der Waals surface area contributed by atoms with Gasteiger partial charge in [0.05, 0.1) is 27.6 Å². The van der Waals surface area contributed by atoms with Gasteiger partial charge in [-0.05, 0) is 46.7 Å². The fourth-order valence-corrected chi connectivity index (χ4v) is 5.94. The molecular weight excluding hydrogens is 688 g/mol.